The molecule has 0 heterocycles. The summed E-state index contributed by atoms with van der Waals surface area (Å²) in [4.78, 5) is 29.5. The number of amides is 1. The summed E-state index contributed by atoms with van der Waals surface area (Å²) in [5, 5.41) is 3.29. The van der Waals surface area contributed by atoms with E-state index in [4.69, 9.17) is 28.7 Å². The topological polar surface area (TPSA) is 189 Å². The quantitative estimate of drug-likeness (QED) is 0.0233. The van der Waals surface area contributed by atoms with Crippen molar-refractivity contribution in [2.24, 2.45) is 33.7 Å². The van der Waals surface area contributed by atoms with Gasteiger partial charge in [0, 0.05) is 12.6 Å². The molecular formula is C38H79N7O2. The zero-order valence-corrected chi connectivity index (χ0v) is 31.0. The molecule has 0 spiro atoms. The molecule has 0 aliphatic heterocycles. The molecule has 4 atom stereocenters. The smallest absolute Gasteiger partial charge is 0.237 e. The number of hydrogen-bond acceptors (Lipinski definition) is 6. The molecule has 0 aliphatic carbocycles. The highest BCUT2D eigenvalue weighted by atomic mass is 16.2. The molecule has 0 bridgehead atoms. The third-order valence-electron chi connectivity index (χ3n) is 9.47. The Balaban J connectivity index is 4.50. The van der Waals surface area contributed by atoms with Gasteiger partial charge in [-0.3, -0.25) is 14.6 Å². The summed E-state index contributed by atoms with van der Waals surface area (Å²) in [6.45, 7) is 4.97. The second-order valence-electron chi connectivity index (χ2n) is 14.1. The number of nitrogens with zero attached hydrogens (tertiary/aromatic N) is 1. The van der Waals surface area contributed by atoms with Crippen LogP contribution in [0.25, 0.3) is 0 Å². The lowest BCUT2D eigenvalue weighted by Gasteiger charge is -2.22. The van der Waals surface area contributed by atoms with Gasteiger partial charge in [-0.2, -0.15) is 0 Å². The van der Waals surface area contributed by atoms with Gasteiger partial charge >= 0.3 is 0 Å². The number of Topliss-reactive ketones (excluding diaryl/α,β-unsaturated/α-hetero) is 1. The number of hydrogen-bond donors (Lipinski definition) is 6. The van der Waals surface area contributed by atoms with Crippen molar-refractivity contribution in [3.8, 4) is 0 Å². The van der Waals surface area contributed by atoms with Crippen molar-refractivity contribution in [1.82, 2.24) is 5.32 Å². The van der Waals surface area contributed by atoms with Crippen LogP contribution in [0.2, 0.25) is 0 Å². The van der Waals surface area contributed by atoms with Crippen LogP contribution in [0.5, 0.6) is 0 Å². The first-order chi connectivity index (χ1) is 22.7. The van der Waals surface area contributed by atoms with E-state index in [1.807, 2.05) is 0 Å². The maximum Gasteiger partial charge on any atom is 0.237 e. The molecule has 47 heavy (non-hydrogen) atoms. The number of unbranched alkanes of at least 4 members (excludes halogenated alkanes) is 19. The van der Waals surface area contributed by atoms with Crippen LogP contribution in [-0.4, -0.2) is 48.4 Å². The summed E-state index contributed by atoms with van der Waals surface area (Å²) in [5.41, 5.74) is 29.1. The van der Waals surface area contributed by atoms with Crippen LogP contribution in [0.15, 0.2) is 4.99 Å². The highest BCUT2D eigenvalue weighted by Gasteiger charge is 2.22. The molecule has 0 radical (unpaired) electrons. The van der Waals surface area contributed by atoms with Gasteiger partial charge in [0.2, 0.25) is 5.91 Å². The Morgan fingerprint density at radius 2 is 0.851 bits per heavy atom. The summed E-state index contributed by atoms with van der Waals surface area (Å²) < 4.78 is 0. The number of carbonyl (C=O) groups is 2. The first kappa shape index (κ1) is 45.3. The first-order valence-electron chi connectivity index (χ1n) is 19.9. The molecule has 278 valence electrons. The van der Waals surface area contributed by atoms with Crippen LogP contribution in [0.3, 0.4) is 0 Å². The largest absolute Gasteiger partial charge is 0.370 e. The fourth-order valence-corrected chi connectivity index (χ4v) is 6.30. The molecule has 0 aromatic rings. The summed E-state index contributed by atoms with van der Waals surface area (Å²) in [7, 11) is 0. The van der Waals surface area contributed by atoms with Crippen molar-refractivity contribution in [2.45, 2.75) is 218 Å². The molecule has 0 saturated carbocycles. The highest BCUT2D eigenvalue weighted by Crippen LogP contribution is 2.17. The number of rotatable bonds is 35. The Hall–Kier alpha value is -1.71. The van der Waals surface area contributed by atoms with E-state index in [-0.39, 0.29) is 23.7 Å². The molecular weight excluding hydrogens is 586 g/mol. The lowest BCUT2D eigenvalue weighted by atomic mass is 9.96. The second kappa shape index (κ2) is 32.8. The van der Waals surface area contributed by atoms with E-state index >= 15 is 0 Å². The molecule has 11 N–H and O–H groups in total. The third-order valence-corrected chi connectivity index (χ3v) is 9.47. The summed E-state index contributed by atoms with van der Waals surface area (Å²) in [5.74, 6) is -0.223. The highest BCUT2D eigenvalue weighted by molar-refractivity contribution is 5.88. The van der Waals surface area contributed by atoms with Gasteiger partial charge in [0.1, 0.15) is 0 Å². The van der Waals surface area contributed by atoms with Gasteiger partial charge in [-0.25, -0.2) is 0 Å². The van der Waals surface area contributed by atoms with E-state index in [0.717, 1.165) is 25.7 Å². The lowest BCUT2D eigenvalue weighted by molar-refractivity contribution is -0.123. The number of nitrogens with one attached hydrogen (secondary N) is 1. The molecule has 9 heteroatoms. The molecule has 0 fully saturated rings. The Morgan fingerprint density at radius 1 is 0.489 bits per heavy atom. The van der Waals surface area contributed by atoms with E-state index in [1.165, 1.54) is 122 Å². The van der Waals surface area contributed by atoms with Crippen molar-refractivity contribution in [2.75, 3.05) is 6.54 Å². The van der Waals surface area contributed by atoms with Crippen molar-refractivity contribution in [3.05, 3.63) is 0 Å². The zero-order valence-electron chi connectivity index (χ0n) is 31.0. The fraction of sp³-hybridized carbons (Fsp3) is 0.921. The van der Waals surface area contributed by atoms with Crippen LogP contribution in [-0.2, 0) is 9.59 Å². The standard InChI is InChI=1S/C38H79N7O2/c1-3-5-7-9-11-13-15-17-19-21-23-27-32(26-22-20-18-16-14-12-10-8-6-4-2)45-37(47)35(41)29-24-28-33(39)36(46)34(40)30-25-31-44-38(42)43/h32-35H,3-31,39-41H2,1-2H3,(H,45,47)(H4,42,43,44)/t32?,33?,34-,35-/m0/s1. The molecule has 0 saturated heterocycles. The van der Waals surface area contributed by atoms with Gasteiger partial charge in [-0.1, -0.05) is 149 Å². The Morgan fingerprint density at radius 3 is 1.26 bits per heavy atom. The minimum atomic E-state index is -0.659. The number of aliphatic imine (C=N–C) groups is 1. The van der Waals surface area contributed by atoms with Crippen LogP contribution in [0.1, 0.15) is 194 Å². The Bertz CT molecular complexity index is 760. The van der Waals surface area contributed by atoms with Crippen molar-refractivity contribution >= 4 is 17.6 Å². The average Bonchev–Trinajstić information content (AvgIpc) is 3.05. The normalized spacial score (nSPS) is 14.0. The summed E-state index contributed by atoms with van der Waals surface area (Å²) in [6.07, 6.45) is 32.3. The first-order valence-corrected chi connectivity index (χ1v) is 19.9. The molecule has 0 aromatic carbocycles. The lowest BCUT2D eigenvalue weighted by Crippen LogP contribution is -2.46. The summed E-state index contributed by atoms with van der Waals surface area (Å²) in [6, 6.07) is -1.72. The molecule has 0 aliphatic rings. The number of nitrogens with two attached hydrogens (primary N) is 5. The van der Waals surface area contributed by atoms with E-state index in [1.54, 1.807) is 0 Å². The summed E-state index contributed by atoms with van der Waals surface area (Å²) >= 11 is 0. The van der Waals surface area contributed by atoms with E-state index in [0.29, 0.717) is 38.6 Å². The van der Waals surface area contributed by atoms with Crippen LogP contribution >= 0.6 is 0 Å². The number of ketones is 1. The second-order valence-corrected chi connectivity index (χ2v) is 14.1. The van der Waals surface area contributed by atoms with Gasteiger partial charge in [0.15, 0.2) is 11.7 Å². The number of carbonyl (C=O) groups excluding carboxylic acids is 2. The SMILES string of the molecule is CCCCCCCCCCCCCC(CCCCCCCCCCCC)NC(=O)[C@@H](N)CCCC(N)C(=O)[C@@H](N)CCCN=C(N)N. The molecule has 0 rings (SSSR count). The van der Waals surface area contributed by atoms with E-state index in [2.05, 4.69) is 24.2 Å². The van der Waals surface area contributed by atoms with Gasteiger partial charge in [0.25, 0.3) is 0 Å². The molecule has 2 unspecified atom stereocenters. The van der Waals surface area contributed by atoms with Crippen LogP contribution in [0.4, 0.5) is 0 Å². The van der Waals surface area contributed by atoms with E-state index < -0.39 is 18.1 Å². The molecule has 0 aromatic heterocycles. The van der Waals surface area contributed by atoms with Crippen molar-refractivity contribution < 1.29 is 9.59 Å². The average molecular weight is 666 g/mol. The van der Waals surface area contributed by atoms with Crippen LogP contribution < -0.4 is 34.0 Å². The van der Waals surface area contributed by atoms with Gasteiger partial charge < -0.3 is 34.0 Å². The minimum absolute atomic E-state index is 0.0289. The van der Waals surface area contributed by atoms with Gasteiger partial charge in [0.05, 0.1) is 18.1 Å². The van der Waals surface area contributed by atoms with Gasteiger partial charge in [-0.05, 0) is 44.9 Å². The molecule has 9 nitrogen and oxygen atoms in total. The molecule has 1 amide bonds. The van der Waals surface area contributed by atoms with Crippen LogP contribution in [0, 0.1) is 0 Å². The van der Waals surface area contributed by atoms with Crippen molar-refractivity contribution in [1.29, 1.82) is 0 Å². The monoisotopic (exact) mass is 666 g/mol. The predicted molar refractivity (Wildman–Crippen MR) is 202 cm³/mol. The third kappa shape index (κ3) is 29.0. The fourth-order valence-electron chi connectivity index (χ4n) is 6.30. The Kier molecular flexibility index (Phi) is 31.6. The zero-order chi connectivity index (χ0) is 35.0. The maximum atomic E-state index is 13.1. The van der Waals surface area contributed by atoms with Gasteiger partial charge in [-0.15, -0.1) is 0 Å². The Labute approximate surface area is 290 Å². The minimum Gasteiger partial charge on any atom is -0.370 e. The maximum absolute atomic E-state index is 13.1. The van der Waals surface area contributed by atoms with Crippen molar-refractivity contribution in [3.63, 3.8) is 0 Å². The number of guanidine groups is 1. The predicted octanol–water partition coefficient (Wildman–Crippen LogP) is 7.26. The van der Waals surface area contributed by atoms with E-state index in [9.17, 15) is 9.59 Å².